The summed E-state index contributed by atoms with van der Waals surface area (Å²) in [5.74, 6) is 2.03. The van der Waals surface area contributed by atoms with E-state index >= 15 is 0 Å². The molecule has 4 nitrogen and oxygen atoms in total. The van der Waals surface area contributed by atoms with Gasteiger partial charge in [-0.1, -0.05) is 183 Å². The van der Waals surface area contributed by atoms with Crippen LogP contribution >= 0.6 is 0 Å². The number of benzene rings is 3. The molecule has 0 amide bonds. The zero-order valence-electron chi connectivity index (χ0n) is 33.0. The van der Waals surface area contributed by atoms with Gasteiger partial charge in [0.15, 0.2) is 11.6 Å². The monoisotopic (exact) mass is 884 g/mol. The van der Waals surface area contributed by atoms with E-state index in [1.54, 1.807) is 0 Å². The molecule has 1 radical (unpaired) electrons. The quantitative estimate of drug-likeness (QED) is 0.0690. The molecule has 3 aromatic carbocycles. The molecule has 2 aromatic heterocycles. The fraction of sp³-hybridized carbons (Fsp3) is 0.458. The summed E-state index contributed by atoms with van der Waals surface area (Å²) in [7, 11) is 0. The normalized spacial score (nSPS) is 13.0. The summed E-state index contributed by atoms with van der Waals surface area (Å²) in [6, 6.07) is 30.3. The molecule has 0 spiro atoms. The number of aromatic nitrogens is 4. The molecule has 5 heteroatoms. The van der Waals surface area contributed by atoms with E-state index in [-0.39, 0.29) is 30.9 Å². The molecule has 2 heterocycles. The molecule has 1 aliphatic rings. The Bertz CT molecular complexity index is 1890. The molecule has 0 unspecified atom stereocenters. The number of pyridine rings is 1. The van der Waals surface area contributed by atoms with Gasteiger partial charge in [-0.15, -0.1) is 29.3 Å². The number of unbranched alkanes of at least 4 members (excludes halogenated alkanes) is 10. The number of fused-ring (bicyclic) bond motifs is 3. The SMILES string of the molecule is CCCCCCCCC1(CCCCCCCC)c2ccccc2-c2c[c-]c(-c3ccc(-c4nc(C)nc(-c5ccc(C(C)(C)C)cc5)n4)cn3)cc21.[Ir]. The van der Waals surface area contributed by atoms with E-state index in [1.165, 1.54) is 118 Å². The van der Waals surface area contributed by atoms with Crippen molar-refractivity contribution in [2.75, 3.05) is 0 Å². The molecular formula is C48H59IrN4-. The predicted octanol–water partition coefficient (Wildman–Crippen LogP) is 13.4. The minimum Gasteiger partial charge on any atom is -0.304 e. The maximum absolute atomic E-state index is 4.99. The Morgan fingerprint density at radius 2 is 1.21 bits per heavy atom. The van der Waals surface area contributed by atoms with Crippen molar-refractivity contribution in [1.29, 1.82) is 0 Å². The minimum atomic E-state index is 0. The third kappa shape index (κ3) is 9.59. The maximum atomic E-state index is 4.99. The Labute approximate surface area is 333 Å². The molecule has 6 rings (SSSR count). The summed E-state index contributed by atoms with van der Waals surface area (Å²) in [6.07, 6.45) is 20.1. The standard InChI is InChI=1S/C48H59N4.Ir/c1-7-9-11-13-15-19-31-48(32-20-16-14-12-10-8-2)42-22-18-17-21-40(42)41-29-25-37(33-43(41)48)44-30-26-38(34-49-44)46-51-35(3)50-45(52-46)36-23-27-39(28-24-36)47(4,5)6;/h17-18,21-24,26-30,33-34H,7-16,19-20,31-32H2,1-6H3;/q-1;. The van der Waals surface area contributed by atoms with Crippen molar-refractivity contribution >= 4 is 0 Å². The van der Waals surface area contributed by atoms with Crippen LogP contribution in [0.5, 0.6) is 0 Å². The maximum Gasteiger partial charge on any atom is 0.165 e. The molecule has 0 saturated carbocycles. The first-order valence-corrected chi connectivity index (χ1v) is 20.2. The minimum absolute atomic E-state index is 0. The van der Waals surface area contributed by atoms with Crippen molar-refractivity contribution in [3.8, 4) is 45.2 Å². The molecule has 0 aliphatic heterocycles. The van der Waals surface area contributed by atoms with Crippen LogP contribution in [0.25, 0.3) is 45.2 Å². The number of rotatable bonds is 17. The van der Waals surface area contributed by atoms with Crippen LogP contribution in [0.2, 0.25) is 0 Å². The zero-order valence-corrected chi connectivity index (χ0v) is 35.4. The van der Waals surface area contributed by atoms with Gasteiger partial charge in [0.2, 0.25) is 0 Å². The van der Waals surface area contributed by atoms with Crippen molar-refractivity contribution in [3.05, 3.63) is 108 Å². The van der Waals surface area contributed by atoms with Gasteiger partial charge in [-0.3, -0.25) is 0 Å². The first-order chi connectivity index (χ1) is 25.2. The van der Waals surface area contributed by atoms with E-state index in [9.17, 15) is 0 Å². The molecule has 281 valence electrons. The fourth-order valence-corrected chi connectivity index (χ4v) is 8.16. The smallest absolute Gasteiger partial charge is 0.165 e. The van der Waals surface area contributed by atoms with E-state index < -0.39 is 0 Å². The number of aryl methyl sites for hydroxylation is 1. The molecule has 0 bridgehead atoms. The van der Waals surface area contributed by atoms with Crippen LogP contribution in [-0.2, 0) is 30.9 Å². The van der Waals surface area contributed by atoms with Crippen LogP contribution in [0.15, 0.2) is 79.0 Å². The van der Waals surface area contributed by atoms with E-state index in [4.69, 9.17) is 15.0 Å². The molecule has 0 saturated heterocycles. The second kappa shape index (κ2) is 18.7. The van der Waals surface area contributed by atoms with Crippen molar-refractivity contribution in [2.24, 2.45) is 0 Å². The topological polar surface area (TPSA) is 51.6 Å². The van der Waals surface area contributed by atoms with Gasteiger partial charge in [-0.25, -0.2) is 15.0 Å². The predicted molar refractivity (Wildman–Crippen MR) is 218 cm³/mol. The van der Waals surface area contributed by atoms with Crippen LogP contribution < -0.4 is 0 Å². The molecule has 0 fully saturated rings. The molecule has 0 atom stereocenters. The van der Waals surface area contributed by atoms with E-state index in [0.29, 0.717) is 17.5 Å². The summed E-state index contributed by atoms with van der Waals surface area (Å²) < 4.78 is 0. The van der Waals surface area contributed by atoms with Crippen LogP contribution in [0.4, 0.5) is 0 Å². The number of hydrogen-bond donors (Lipinski definition) is 0. The zero-order chi connectivity index (χ0) is 36.6. The average molecular weight is 884 g/mol. The Kier molecular flexibility index (Phi) is 14.3. The second-order valence-electron chi connectivity index (χ2n) is 16.1. The first-order valence-electron chi connectivity index (χ1n) is 20.2. The Hall–Kier alpha value is -3.53. The number of hydrogen-bond acceptors (Lipinski definition) is 4. The Balaban J connectivity index is 0.00000541. The van der Waals surface area contributed by atoms with Gasteiger partial charge < -0.3 is 4.98 Å². The van der Waals surface area contributed by atoms with Gasteiger partial charge in [0, 0.05) is 42.8 Å². The fourth-order valence-electron chi connectivity index (χ4n) is 8.16. The van der Waals surface area contributed by atoms with Crippen molar-refractivity contribution in [3.63, 3.8) is 0 Å². The molecule has 1 aliphatic carbocycles. The third-order valence-corrected chi connectivity index (χ3v) is 11.2. The summed E-state index contributed by atoms with van der Waals surface area (Å²) in [5.41, 5.74) is 11.0. The molecular weight excluding hydrogens is 825 g/mol. The summed E-state index contributed by atoms with van der Waals surface area (Å²) in [5, 5.41) is 0. The van der Waals surface area contributed by atoms with Gasteiger partial charge >= 0.3 is 0 Å². The van der Waals surface area contributed by atoms with Gasteiger partial charge in [0.05, 0.1) is 0 Å². The summed E-state index contributed by atoms with van der Waals surface area (Å²) in [6.45, 7) is 13.2. The Morgan fingerprint density at radius 1 is 0.623 bits per heavy atom. The number of nitrogens with zero attached hydrogens (tertiary/aromatic N) is 4. The second-order valence-corrected chi connectivity index (χ2v) is 16.1. The molecule has 0 N–H and O–H groups in total. The summed E-state index contributed by atoms with van der Waals surface area (Å²) in [4.78, 5) is 19.3. The first kappa shape index (κ1) is 40.7. The van der Waals surface area contributed by atoms with Crippen molar-refractivity contribution in [2.45, 2.75) is 142 Å². The van der Waals surface area contributed by atoms with Crippen molar-refractivity contribution < 1.29 is 20.1 Å². The average Bonchev–Trinajstić information content (AvgIpc) is 3.43. The van der Waals surface area contributed by atoms with E-state index in [2.05, 4.69) is 118 Å². The van der Waals surface area contributed by atoms with Gasteiger partial charge in [0.1, 0.15) is 5.82 Å². The van der Waals surface area contributed by atoms with Gasteiger partial charge in [0.25, 0.3) is 0 Å². The van der Waals surface area contributed by atoms with E-state index in [1.807, 2.05) is 13.1 Å². The van der Waals surface area contributed by atoms with E-state index in [0.717, 1.165) is 22.4 Å². The van der Waals surface area contributed by atoms with Crippen LogP contribution in [0.1, 0.15) is 147 Å². The molecule has 53 heavy (non-hydrogen) atoms. The van der Waals surface area contributed by atoms with Crippen LogP contribution in [-0.4, -0.2) is 19.9 Å². The summed E-state index contributed by atoms with van der Waals surface area (Å²) >= 11 is 0. The van der Waals surface area contributed by atoms with Crippen molar-refractivity contribution in [1.82, 2.24) is 19.9 Å². The third-order valence-electron chi connectivity index (χ3n) is 11.2. The molecule has 5 aromatic rings. The van der Waals surface area contributed by atoms with Crippen LogP contribution in [0.3, 0.4) is 0 Å². The largest absolute Gasteiger partial charge is 0.304 e. The van der Waals surface area contributed by atoms with Gasteiger partial charge in [-0.2, -0.15) is 0 Å². The van der Waals surface area contributed by atoms with Crippen LogP contribution in [0, 0.1) is 13.0 Å². The van der Waals surface area contributed by atoms with Gasteiger partial charge in [-0.05, 0) is 42.0 Å². The Morgan fingerprint density at radius 3 is 1.81 bits per heavy atom.